The molecule has 0 bridgehead atoms. The van der Waals surface area contributed by atoms with Crippen LogP contribution >= 0.6 is 11.6 Å². The van der Waals surface area contributed by atoms with Crippen LogP contribution in [-0.4, -0.2) is 56.8 Å². The lowest BCUT2D eigenvalue weighted by atomic mass is 9.79. The zero-order valence-electron chi connectivity index (χ0n) is 27.0. The Balaban J connectivity index is 1.45. The molecule has 0 radical (unpaired) electrons. The number of halogens is 2. The standard InChI is InChI=1S/C32H43ClFN5O5SSi/c1-31(2,3)46(4,5)43-16-15-32(13-7-6-8-14-32)36-30-38-37-28(44-30)23-17-26-27(18-24(23)34)45(41,42)20-25(35)29(40)39(26)19-21-9-11-22(33)12-10-21/h9-12,17-18,25H,6-8,13-16,19-20,35H2,1-5H3,(H,36,38)/t25-/m0/s1. The first-order valence-electron chi connectivity index (χ1n) is 15.6. The summed E-state index contributed by atoms with van der Waals surface area (Å²) in [6.07, 6.45) is 5.78. The van der Waals surface area contributed by atoms with Crippen molar-refractivity contribution in [3.63, 3.8) is 0 Å². The molecule has 0 spiro atoms. The van der Waals surface area contributed by atoms with Gasteiger partial charge in [0.25, 0.3) is 5.89 Å². The van der Waals surface area contributed by atoms with Gasteiger partial charge >= 0.3 is 6.01 Å². The summed E-state index contributed by atoms with van der Waals surface area (Å²) in [6, 6.07) is 7.76. The molecule has 3 N–H and O–H groups in total. The largest absolute Gasteiger partial charge is 0.417 e. The lowest BCUT2D eigenvalue weighted by Crippen LogP contribution is -2.45. The van der Waals surface area contributed by atoms with E-state index >= 15 is 4.39 Å². The molecule has 1 fully saturated rings. The molecule has 1 aromatic heterocycles. The quantitative estimate of drug-likeness (QED) is 0.234. The number of nitrogens with one attached hydrogen (secondary N) is 1. The smallest absolute Gasteiger partial charge is 0.316 e. The molecular weight excluding hydrogens is 649 g/mol. The van der Waals surface area contributed by atoms with E-state index in [1.165, 1.54) is 11.0 Å². The summed E-state index contributed by atoms with van der Waals surface area (Å²) in [7, 11) is -6.04. The van der Waals surface area contributed by atoms with Crippen LogP contribution in [0, 0.1) is 5.82 Å². The first-order valence-corrected chi connectivity index (χ1v) is 20.6. The van der Waals surface area contributed by atoms with Gasteiger partial charge in [0, 0.05) is 17.2 Å². The maximum absolute atomic E-state index is 15.7. The average Bonchev–Trinajstić information content (AvgIpc) is 3.41. The fourth-order valence-electron chi connectivity index (χ4n) is 5.81. The number of aromatic nitrogens is 2. The van der Waals surface area contributed by atoms with Crippen molar-refractivity contribution < 1.29 is 26.4 Å². The second kappa shape index (κ2) is 13.0. The van der Waals surface area contributed by atoms with Crippen LogP contribution in [0.4, 0.5) is 16.1 Å². The van der Waals surface area contributed by atoms with Crippen LogP contribution in [0.25, 0.3) is 11.5 Å². The maximum Gasteiger partial charge on any atom is 0.316 e. The molecule has 14 heteroatoms. The van der Waals surface area contributed by atoms with Gasteiger partial charge in [0.2, 0.25) is 5.91 Å². The number of nitrogens with two attached hydrogens (primary N) is 1. The van der Waals surface area contributed by atoms with Gasteiger partial charge in [-0.3, -0.25) is 4.79 Å². The molecule has 1 aliphatic heterocycles. The van der Waals surface area contributed by atoms with Crippen molar-refractivity contribution in [2.75, 3.05) is 22.6 Å². The normalized spacial score (nSPS) is 19.9. The van der Waals surface area contributed by atoms with Gasteiger partial charge in [-0.05, 0) is 67.2 Å². The summed E-state index contributed by atoms with van der Waals surface area (Å²) in [6.45, 7) is 11.7. The van der Waals surface area contributed by atoms with Gasteiger partial charge < -0.3 is 24.8 Å². The summed E-state index contributed by atoms with van der Waals surface area (Å²) in [5.41, 5.74) is 6.26. The van der Waals surface area contributed by atoms with Crippen LogP contribution in [0.5, 0.6) is 0 Å². The Hall–Kier alpha value is -2.84. The van der Waals surface area contributed by atoms with Crippen molar-refractivity contribution in [1.29, 1.82) is 0 Å². The number of hydrogen-bond donors (Lipinski definition) is 2. The molecule has 3 aromatic rings. The topological polar surface area (TPSA) is 141 Å². The van der Waals surface area contributed by atoms with Gasteiger partial charge in [0.15, 0.2) is 18.2 Å². The van der Waals surface area contributed by atoms with E-state index < -0.39 is 41.7 Å². The number of rotatable bonds is 9. The van der Waals surface area contributed by atoms with Crippen LogP contribution in [0.2, 0.25) is 23.2 Å². The van der Waals surface area contributed by atoms with Crippen molar-refractivity contribution in [3.05, 3.63) is 52.8 Å². The highest BCUT2D eigenvalue weighted by molar-refractivity contribution is 7.91. The lowest BCUT2D eigenvalue weighted by molar-refractivity contribution is -0.119. The number of benzene rings is 2. The Morgan fingerprint density at radius 1 is 1.15 bits per heavy atom. The zero-order valence-corrected chi connectivity index (χ0v) is 29.6. The summed E-state index contributed by atoms with van der Waals surface area (Å²) < 4.78 is 54.6. The Labute approximate surface area is 276 Å². The number of sulfone groups is 1. The van der Waals surface area contributed by atoms with Gasteiger partial charge in [-0.15, -0.1) is 5.10 Å². The van der Waals surface area contributed by atoms with Crippen molar-refractivity contribution in [3.8, 4) is 11.5 Å². The van der Waals surface area contributed by atoms with E-state index in [0.29, 0.717) is 17.2 Å². The number of hydrogen-bond acceptors (Lipinski definition) is 9. The van der Waals surface area contributed by atoms with E-state index in [1.54, 1.807) is 24.3 Å². The molecule has 0 unspecified atom stereocenters. The van der Waals surface area contributed by atoms with E-state index in [9.17, 15) is 13.2 Å². The number of amides is 1. The van der Waals surface area contributed by atoms with Crippen molar-refractivity contribution in [1.82, 2.24) is 10.2 Å². The number of fused-ring (bicyclic) bond motifs is 1. The highest BCUT2D eigenvalue weighted by atomic mass is 35.5. The molecule has 2 heterocycles. The fraction of sp³-hybridized carbons (Fsp3) is 0.531. The van der Waals surface area contributed by atoms with Crippen LogP contribution in [-0.2, 0) is 25.6 Å². The molecule has 0 saturated heterocycles. The number of anilines is 2. The predicted octanol–water partition coefficient (Wildman–Crippen LogP) is 6.70. The van der Waals surface area contributed by atoms with Gasteiger partial charge in [0.05, 0.1) is 34.5 Å². The second-order valence-corrected chi connectivity index (χ2v) is 21.2. The number of carbonyl (C=O) groups is 1. The van der Waals surface area contributed by atoms with Crippen molar-refractivity contribution in [2.24, 2.45) is 5.73 Å². The first-order chi connectivity index (χ1) is 21.5. The summed E-state index contributed by atoms with van der Waals surface area (Å²) in [5.74, 6) is -2.27. The Bertz CT molecular complexity index is 1690. The van der Waals surface area contributed by atoms with Crippen LogP contribution in [0.15, 0.2) is 45.7 Å². The molecular formula is C32H43ClFN5O5SSi. The minimum atomic E-state index is -4.10. The molecule has 10 nitrogen and oxygen atoms in total. The minimum absolute atomic E-state index is 0.00655. The van der Waals surface area contributed by atoms with Gasteiger partial charge in [-0.1, -0.05) is 68.9 Å². The fourth-order valence-corrected chi connectivity index (χ4v) is 8.55. The first kappa shape index (κ1) is 34.5. The predicted molar refractivity (Wildman–Crippen MR) is 180 cm³/mol. The molecule has 2 aromatic carbocycles. The number of nitrogens with zero attached hydrogens (tertiary/aromatic N) is 3. The summed E-state index contributed by atoms with van der Waals surface area (Å²) in [5, 5.41) is 12.4. The summed E-state index contributed by atoms with van der Waals surface area (Å²) in [4.78, 5) is 14.3. The van der Waals surface area contributed by atoms with Gasteiger partial charge in [-0.25, -0.2) is 12.8 Å². The molecule has 250 valence electrons. The SMILES string of the molecule is CC(C)(C)[Si](C)(C)OCCC1(Nc2nnc(-c3cc4c(cc3F)S(=O)(=O)C[C@H](N)C(=O)N4Cc3ccc(Cl)cc3)o2)CCCCC1. The third-order valence-corrected chi connectivity index (χ3v) is 16.2. The second-order valence-electron chi connectivity index (χ2n) is 14.0. The van der Waals surface area contributed by atoms with Crippen molar-refractivity contribution in [2.45, 2.75) is 100 Å². The van der Waals surface area contributed by atoms with E-state index in [4.69, 9.17) is 26.2 Å². The molecule has 1 amide bonds. The third-order valence-electron chi connectivity index (χ3n) is 9.60. The zero-order chi connectivity index (χ0) is 33.5. The summed E-state index contributed by atoms with van der Waals surface area (Å²) >= 11 is 6.03. The minimum Gasteiger partial charge on any atom is -0.417 e. The van der Waals surface area contributed by atoms with E-state index in [0.717, 1.165) is 44.6 Å². The third kappa shape index (κ3) is 7.33. The lowest BCUT2D eigenvalue weighted by Gasteiger charge is -2.40. The molecule has 1 atom stereocenters. The van der Waals surface area contributed by atoms with E-state index in [1.807, 2.05) is 0 Å². The number of carbonyl (C=O) groups excluding carboxylic acids is 1. The Morgan fingerprint density at radius 2 is 1.83 bits per heavy atom. The Morgan fingerprint density at radius 3 is 2.48 bits per heavy atom. The van der Waals surface area contributed by atoms with Crippen LogP contribution in [0.3, 0.4) is 0 Å². The maximum atomic E-state index is 15.7. The molecule has 1 aliphatic carbocycles. The monoisotopic (exact) mass is 691 g/mol. The highest BCUT2D eigenvalue weighted by Gasteiger charge is 2.40. The molecule has 46 heavy (non-hydrogen) atoms. The molecule has 5 rings (SSSR count). The van der Waals surface area contributed by atoms with Gasteiger partial charge in [-0.2, -0.15) is 0 Å². The molecule has 1 saturated carbocycles. The average molecular weight is 692 g/mol. The van der Waals surface area contributed by atoms with Crippen LogP contribution < -0.4 is 16.0 Å². The van der Waals surface area contributed by atoms with E-state index in [-0.39, 0.29) is 45.2 Å². The van der Waals surface area contributed by atoms with Crippen molar-refractivity contribution >= 4 is 47.4 Å². The van der Waals surface area contributed by atoms with E-state index in [2.05, 4.69) is 49.4 Å². The Kier molecular flexibility index (Phi) is 9.74. The highest BCUT2D eigenvalue weighted by Crippen LogP contribution is 2.40. The molecule has 2 aliphatic rings. The van der Waals surface area contributed by atoms with Gasteiger partial charge in [0.1, 0.15) is 5.82 Å². The van der Waals surface area contributed by atoms with Crippen LogP contribution in [0.1, 0.15) is 64.9 Å².